The first-order valence-electron chi connectivity index (χ1n) is 19.6. The maximum absolute atomic E-state index is 3.74. The van der Waals surface area contributed by atoms with Gasteiger partial charge < -0.3 is 0 Å². The van der Waals surface area contributed by atoms with Crippen LogP contribution in [0, 0.1) is 35.5 Å². The largest absolute Gasteiger partial charge is 0.0979 e. The summed E-state index contributed by atoms with van der Waals surface area (Å²) in [6, 6.07) is 18.0. The highest BCUT2D eigenvalue weighted by Gasteiger charge is 2.43. The van der Waals surface area contributed by atoms with Crippen molar-refractivity contribution in [2.24, 2.45) is 11.8 Å². The maximum atomic E-state index is 3.74. The normalized spacial score (nSPS) is 18.1. The summed E-state index contributed by atoms with van der Waals surface area (Å²) in [5.41, 5.74) is 10.8. The smallest absolute Gasteiger partial charge is 0.0362 e. The number of rotatable bonds is 16. The van der Waals surface area contributed by atoms with Gasteiger partial charge in [-0.1, -0.05) is 200 Å². The van der Waals surface area contributed by atoms with E-state index in [0.717, 1.165) is 12.8 Å². The third-order valence-corrected chi connectivity index (χ3v) is 10.9. The SMILES string of the molecule is CCCCCCCCCCC#CC1=C2C=CC3=c4ccccc4=C(C#CCCCCCCCCCC)C4=CC=C(c5ccccc51)C2C43. The number of hydrogen-bond acceptors (Lipinski definition) is 0. The lowest BCUT2D eigenvalue weighted by Gasteiger charge is -2.43. The highest BCUT2D eigenvalue weighted by Crippen LogP contribution is 2.55. The van der Waals surface area contributed by atoms with Crippen molar-refractivity contribution in [2.75, 3.05) is 0 Å². The van der Waals surface area contributed by atoms with Gasteiger partial charge in [-0.25, -0.2) is 0 Å². The van der Waals surface area contributed by atoms with Crippen molar-refractivity contribution in [3.05, 3.63) is 106 Å². The van der Waals surface area contributed by atoms with Crippen LogP contribution in [-0.4, -0.2) is 0 Å². The van der Waals surface area contributed by atoms with Gasteiger partial charge in [-0.2, -0.15) is 0 Å². The first kappa shape index (κ1) is 34.1. The molecule has 0 amide bonds. The van der Waals surface area contributed by atoms with Gasteiger partial charge in [0.2, 0.25) is 0 Å². The number of hydrogen-bond donors (Lipinski definition) is 0. The first-order valence-corrected chi connectivity index (χ1v) is 19.6. The maximum Gasteiger partial charge on any atom is 0.0362 e. The Hall–Kier alpha value is -3.74. The van der Waals surface area contributed by atoms with Gasteiger partial charge in [0.25, 0.3) is 0 Å². The minimum Gasteiger partial charge on any atom is -0.0979 e. The Labute approximate surface area is 291 Å². The predicted octanol–water partition coefficient (Wildman–Crippen LogP) is 11.7. The Morgan fingerprint density at radius 1 is 0.458 bits per heavy atom. The molecule has 4 aliphatic carbocycles. The Bertz CT molecular complexity index is 1810. The summed E-state index contributed by atoms with van der Waals surface area (Å²) in [5.74, 6) is 15.3. The Balaban J connectivity index is 1.25. The van der Waals surface area contributed by atoms with Gasteiger partial charge in [0.15, 0.2) is 0 Å². The van der Waals surface area contributed by atoms with Gasteiger partial charge in [0.05, 0.1) is 0 Å². The highest BCUT2D eigenvalue weighted by molar-refractivity contribution is 6.01. The molecule has 0 fully saturated rings. The van der Waals surface area contributed by atoms with Gasteiger partial charge in [-0.15, -0.1) is 0 Å². The third kappa shape index (κ3) is 7.76. The van der Waals surface area contributed by atoms with Crippen LogP contribution in [0.2, 0.25) is 0 Å². The zero-order valence-electron chi connectivity index (χ0n) is 29.8. The highest BCUT2D eigenvalue weighted by atomic mass is 14.4. The van der Waals surface area contributed by atoms with Crippen LogP contribution in [0.15, 0.2) is 84.0 Å². The van der Waals surface area contributed by atoms with E-state index in [9.17, 15) is 0 Å². The molecule has 0 aliphatic heterocycles. The predicted molar refractivity (Wildman–Crippen MR) is 208 cm³/mol. The second-order valence-electron chi connectivity index (χ2n) is 14.3. The fraction of sp³-hybridized carbons (Fsp3) is 0.458. The summed E-state index contributed by atoms with van der Waals surface area (Å²) >= 11 is 0. The zero-order chi connectivity index (χ0) is 33.0. The molecule has 2 aromatic carbocycles. The molecule has 2 unspecified atom stereocenters. The topological polar surface area (TPSA) is 0 Å². The molecule has 0 radical (unpaired) electrons. The lowest BCUT2D eigenvalue weighted by Crippen LogP contribution is -2.41. The van der Waals surface area contributed by atoms with Crippen molar-refractivity contribution in [3.63, 3.8) is 0 Å². The van der Waals surface area contributed by atoms with E-state index in [-0.39, 0.29) is 11.8 Å². The molecule has 0 aromatic heterocycles. The molecule has 0 spiro atoms. The van der Waals surface area contributed by atoms with Gasteiger partial charge in [-0.05, 0) is 56.7 Å². The summed E-state index contributed by atoms with van der Waals surface area (Å²) in [5, 5.41) is 2.66. The molecule has 0 N–H and O–H groups in total. The van der Waals surface area contributed by atoms with Crippen LogP contribution in [-0.2, 0) is 0 Å². The molecular formula is C48H56. The lowest BCUT2D eigenvalue weighted by molar-refractivity contribution is 0.579. The van der Waals surface area contributed by atoms with Gasteiger partial charge in [0, 0.05) is 35.8 Å². The molecule has 4 aliphatic rings. The number of allylic oxidation sites excluding steroid dienone is 8. The Morgan fingerprint density at radius 3 is 1.58 bits per heavy atom. The minimum absolute atomic E-state index is 0.283. The van der Waals surface area contributed by atoms with Crippen LogP contribution >= 0.6 is 0 Å². The van der Waals surface area contributed by atoms with Crippen molar-refractivity contribution in [3.8, 4) is 23.7 Å². The minimum atomic E-state index is 0.283. The monoisotopic (exact) mass is 632 g/mol. The molecule has 48 heavy (non-hydrogen) atoms. The van der Waals surface area contributed by atoms with Crippen molar-refractivity contribution < 1.29 is 0 Å². The molecular weight excluding hydrogens is 577 g/mol. The van der Waals surface area contributed by atoms with Crippen LogP contribution in [0.4, 0.5) is 0 Å². The van der Waals surface area contributed by atoms with Gasteiger partial charge >= 0.3 is 0 Å². The molecule has 0 heteroatoms. The van der Waals surface area contributed by atoms with Crippen LogP contribution in [0.25, 0.3) is 22.3 Å². The average molecular weight is 633 g/mol. The Morgan fingerprint density at radius 2 is 0.938 bits per heavy atom. The fourth-order valence-corrected chi connectivity index (χ4v) is 8.31. The third-order valence-electron chi connectivity index (χ3n) is 10.9. The summed E-state index contributed by atoms with van der Waals surface area (Å²) in [6.45, 7) is 4.58. The summed E-state index contributed by atoms with van der Waals surface area (Å²) in [6.07, 6.45) is 33.0. The fourth-order valence-electron chi connectivity index (χ4n) is 8.31. The summed E-state index contributed by atoms with van der Waals surface area (Å²) in [7, 11) is 0. The summed E-state index contributed by atoms with van der Waals surface area (Å²) < 4.78 is 0. The average Bonchev–Trinajstić information content (AvgIpc) is 3.13. The molecule has 2 aromatic rings. The molecule has 2 atom stereocenters. The van der Waals surface area contributed by atoms with E-state index in [0.29, 0.717) is 0 Å². The van der Waals surface area contributed by atoms with Crippen molar-refractivity contribution in [1.82, 2.24) is 0 Å². The van der Waals surface area contributed by atoms with E-state index in [2.05, 4.69) is 110 Å². The molecule has 0 bridgehead atoms. The quantitative estimate of drug-likeness (QED) is 0.128. The van der Waals surface area contributed by atoms with Gasteiger partial charge in [-0.3, -0.25) is 0 Å². The number of benzene rings is 2. The second-order valence-corrected chi connectivity index (χ2v) is 14.3. The van der Waals surface area contributed by atoms with E-state index in [1.807, 2.05) is 0 Å². The van der Waals surface area contributed by atoms with Crippen molar-refractivity contribution in [1.29, 1.82) is 0 Å². The van der Waals surface area contributed by atoms with E-state index in [1.54, 1.807) is 0 Å². The van der Waals surface area contributed by atoms with Gasteiger partial charge in [0.1, 0.15) is 0 Å². The van der Waals surface area contributed by atoms with Crippen LogP contribution in [0.1, 0.15) is 141 Å². The molecule has 6 rings (SSSR count). The Kier molecular flexibility index (Phi) is 12.5. The first-order chi connectivity index (χ1) is 23.8. The zero-order valence-corrected chi connectivity index (χ0v) is 29.8. The van der Waals surface area contributed by atoms with Crippen LogP contribution in [0.5, 0.6) is 0 Å². The number of fused-ring (bicyclic) bond motifs is 3. The van der Waals surface area contributed by atoms with Crippen LogP contribution < -0.4 is 10.4 Å². The summed E-state index contributed by atoms with van der Waals surface area (Å²) in [4.78, 5) is 0. The van der Waals surface area contributed by atoms with E-state index < -0.39 is 0 Å². The molecule has 0 saturated heterocycles. The van der Waals surface area contributed by atoms with E-state index in [4.69, 9.17) is 0 Å². The van der Waals surface area contributed by atoms with Crippen LogP contribution in [0.3, 0.4) is 0 Å². The van der Waals surface area contributed by atoms with Crippen molar-refractivity contribution in [2.45, 2.75) is 129 Å². The standard InChI is InChI=1S/C48H56/c1-3-5-7-9-11-13-15-17-19-21-27-39-37-29-23-25-31-41(37)45-36-34-44-40(28-22-20-18-16-14-12-10-8-6-4-2)38-30-24-26-32-42(38)46-35-33-43(39)47(45)48(44)46/h23-26,29-36,47-48H,3-20H2,1-2H3. The lowest BCUT2D eigenvalue weighted by atomic mass is 9.59. The number of unbranched alkanes of at least 4 members (excludes halogenated alkanes) is 16. The van der Waals surface area contributed by atoms with E-state index in [1.165, 1.54) is 158 Å². The van der Waals surface area contributed by atoms with E-state index >= 15 is 0 Å². The molecule has 0 saturated carbocycles. The molecule has 0 nitrogen and oxygen atoms in total. The molecule has 0 heterocycles. The molecule has 248 valence electrons. The van der Waals surface area contributed by atoms with Crippen molar-refractivity contribution >= 4 is 22.3 Å². The second kappa shape index (κ2) is 17.6.